The third-order valence-electron chi connectivity index (χ3n) is 4.84. The molecule has 4 rings (SSSR count). The molecule has 0 amide bonds. The van der Waals surface area contributed by atoms with Crippen molar-refractivity contribution in [3.05, 3.63) is 47.5 Å². The number of ether oxygens (including phenoxy) is 2. The van der Waals surface area contributed by atoms with Crippen LogP contribution in [-0.2, 0) is 11.2 Å². The molecular weight excluding hydrogens is 374 g/mol. The van der Waals surface area contributed by atoms with E-state index in [0.29, 0.717) is 22.8 Å². The molecule has 0 atom stereocenters. The number of carboxylic acids is 1. The first-order valence-corrected chi connectivity index (χ1v) is 9.40. The van der Waals surface area contributed by atoms with Crippen LogP contribution in [0, 0.1) is 0 Å². The summed E-state index contributed by atoms with van der Waals surface area (Å²) in [6.45, 7) is 1.74. The van der Waals surface area contributed by atoms with Gasteiger partial charge in [-0.25, -0.2) is 4.79 Å². The standard InChI is InChI=1S/C21H21N3O5/c1-13(21(26)27)5-3-2-4-6-14-7-8-15-16(9-14)23-24(22-15)17-10-19-20(11-18(17)25)29-12-28-19/h5,7-11,25H,2-4,6,12H2,1H3,(H,26,27)/b13-5+. The molecule has 1 aromatic heterocycles. The summed E-state index contributed by atoms with van der Waals surface area (Å²) in [5, 5.41) is 28.1. The molecule has 0 bridgehead atoms. The van der Waals surface area contributed by atoms with Crippen LogP contribution < -0.4 is 9.47 Å². The van der Waals surface area contributed by atoms with E-state index in [9.17, 15) is 9.90 Å². The highest BCUT2D eigenvalue weighted by molar-refractivity contribution is 5.85. The molecule has 150 valence electrons. The van der Waals surface area contributed by atoms with Crippen molar-refractivity contribution in [2.75, 3.05) is 6.79 Å². The van der Waals surface area contributed by atoms with E-state index < -0.39 is 5.97 Å². The number of hydrogen-bond acceptors (Lipinski definition) is 6. The molecule has 0 radical (unpaired) electrons. The number of carboxylic acid groups (broad SMARTS) is 1. The van der Waals surface area contributed by atoms with Crippen LogP contribution in [0.1, 0.15) is 31.7 Å². The molecule has 0 saturated carbocycles. The quantitative estimate of drug-likeness (QED) is 0.465. The molecule has 8 nitrogen and oxygen atoms in total. The summed E-state index contributed by atoms with van der Waals surface area (Å²) in [5.41, 5.74) is 3.41. The number of aryl methyl sites for hydroxylation is 1. The minimum Gasteiger partial charge on any atom is -0.505 e. The number of phenols is 1. The maximum Gasteiger partial charge on any atom is 0.330 e. The Bertz CT molecular complexity index is 1100. The number of aromatic nitrogens is 3. The fourth-order valence-corrected chi connectivity index (χ4v) is 3.18. The highest BCUT2D eigenvalue weighted by Gasteiger charge is 2.19. The van der Waals surface area contributed by atoms with Crippen LogP contribution in [0.4, 0.5) is 0 Å². The van der Waals surface area contributed by atoms with E-state index in [-0.39, 0.29) is 12.5 Å². The number of aliphatic carboxylic acids is 1. The molecule has 0 spiro atoms. The van der Waals surface area contributed by atoms with E-state index >= 15 is 0 Å². The van der Waals surface area contributed by atoms with E-state index in [1.54, 1.807) is 19.1 Å². The first-order valence-electron chi connectivity index (χ1n) is 9.40. The van der Waals surface area contributed by atoms with Crippen molar-refractivity contribution < 1.29 is 24.5 Å². The first-order chi connectivity index (χ1) is 14.0. The Hall–Kier alpha value is -3.55. The van der Waals surface area contributed by atoms with Crippen molar-refractivity contribution in [2.24, 2.45) is 0 Å². The third kappa shape index (κ3) is 4.01. The van der Waals surface area contributed by atoms with Gasteiger partial charge in [0.1, 0.15) is 22.5 Å². The Morgan fingerprint density at radius 2 is 1.90 bits per heavy atom. The number of allylic oxidation sites excluding steroid dienone is 1. The van der Waals surface area contributed by atoms with Gasteiger partial charge in [-0.1, -0.05) is 12.1 Å². The fourth-order valence-electron chi connectivity index (χ4n) is 3.18. The van der Waals surface area contributed by atoms with Gasteiger partial charge in [0.05, 0.1) is 0 Å². The van der Waals surface area contributed by atoms with Gasteiger partial charge in [0.2, 0.25) is 6.79 Å². The molecule has 1 aliphatic rings. The molecule has 0 saturated heterocycles. The molecule has 0 aliphatic carbocycles. The molecule has 3 aromatic rings. The van der Waals surface area contributed by atoms with Crippen LogP contribution in [0.2, 0.25) is 0 Å². The predicted octanol–water partition coefficient (Wildman–Crippen LogP) is 3.60. The predicted molar refractivity (Wildman–Crippen MR) is 106 cm³/mol. The average Bonchev–Trinajstić information content (AvgIpc) is 3.32. The largest absolute Gasteiger partial charge is 0.505 e. The molecule has 0 unspecified atom stereocenters. The molecule has 1 aliphatic heterocycles. The van der Waals surface area contributed by atoms with E-state index in [2.05, 4.69) is 10.2 Å². The van der Waals surface area contributed by atoms with Gasteiger partial charge in [0.15, 0.2) is 11.5 Å². The van der Waals surface area contributed by atoms with Crippen molar-refractivity contribution in [3.8, 4) is 22.9 Å². The highest BCUT2D eigenvalue weighted by Crippen LogP contribution is 2.39. The normalized spacial score (nSPS) is 13.2. The van der Waals surface area contributed by atoms with Crippen LogP contribution in [0.15, 0.2) is 42.0 Å². The fraction of sp³-hybridized carbons (Fsp3) is 0.286. The minimum atomic E-state index is -0.868. The lowest BCUT2D eigenvalue weighted by atomic mass is 10.1. The topological polar surface area (TPSA) is 107 Å². The lowest BCUT2D eigenvalue weighted by molar-refractivity contribution is -0.132. The Kier molecular flexibility index (Phi) is 5.07. The summed E-state index contributed by atoms with van der Waals surface area (Å²) in [4.78, 5) is 12.2. The summed E-state index contributed by atoms with van der Waals surface area (Å²) >= 11 is 0. The molecule has 2 heterocycles. The van der Waals surface area contributed by atoms with Gasteiger partial charge in [0, 0.05) is 17.7 Å². The van der Waals surface area contributed by atoms with E-state index in [1.807, 2.05) is 18.2 Å². The average molecular weight is 395 g/mol. The lowest BCUT2D eigenvalue weighted by Crippen LogP contribution is -1.99. The van der Waals surface area contributed by atoms with Gasteiger partial charge in [-0.2, -0.15) is 0 Å². The smallest absolute Gasteiger partial charge is 0.330 e. The van der Waals surface area contributed by atoms with Gasteiger partial charge in [0.25, 0.3) is 0 Å². The number of fused-ring (bicyclic) bond motifs is 2. The number of hydrogen-bond donors (Lipinski definition) is 2. The van der Waals surface area contributed by atoms with E-state index in [0.717, 1.165) is 42.3 Å². The van der Waals surface area contributed by atoms with Crippen molar-refractivity contribution in [2.45, 2.75) is 32.6 Å². The summed E-state index contributed by atoms with van der Waals surface area (Å²) < 4.78 is 10.6. The summed E-state index contributed by atoms with van der Waals surface area (Å²) in [6, 6.07) is 9.06. The van der Waals surface area contributed by atoms with Gasteiger partial charge >= 0.3 is 5.97 Å². The van der Waals surface area contributed by atoms with Crippen LogP contribution in [0.5, 0.6) is 17.2 Å². The number of unbranched alkanes of at least 4 members (excludes halogenated alkanes) is 2. The molecule has 2 N–H and O–H groups in total. The van der Waals surface area contributed by atoms with Crippen molar-refractivity contribution in [3.63, 3.8) is 0 Å². The lowest BCUT2D eigenvalue weighted by Gasteiger charge is -2.04. The minimum absolute atomic E-state index is 0.0134. The molecular formula is C21H21N3O5. The third-order valence-corrected chi connectivity index (χ3v) is 4.84. The Balaban J connectivity index is 1.46. The van der Waals surface area contributed by atoms with E-state index in [1.165, 1.54) is 10.9 Å². The van der Waals surface area contributed by atoms with E-state index in [4.69, 9.17) is 14.6 Å². The van der Waals surface area contributed by atoms with Gasteiger partial charge in [-0.3, -0.25) is 0 Å². The van der Waals surface area contributed by atoms with Crippen molar-refractivity contribution >= 4 is 17.0 Å². The zero-order chi connectivity index (χ0) is 20.4. The second kappa shape index (κ2) is 7.83. The van der Waals surface area contributed by atoms with Crippen LogP contribution in [0.3, 0.4) is 0 Å². The molecule has 29 heavy (non-hydrogen) atoms. The maximum atomic E-state index is 10.8. The number of nitrogens with zero attached hydrogens (tertiary/aromatic N) is 3. The van der Waals surface area contributed by atoms with Crippen molar-refractivity contribution in [1.82, 2.24) is 15.0 Å². The zero-order valence-corrected chi connectivity index (χ0v) is 16.0. The number of benzene rings is 2. The monoisotopic (exact) mass is 395 g/mol. The summed E-state index contributed by atoms with van der Waals surface area (Å²) in [6.07, 6.45) is 5.25. The Morgan fingerprint density at radius 3 is 2.69 bits per heavy atom. The maximum absolute atomic E-state index is 10.8. The molecule has 0 fully saturated rings. The Morgan fingerprint density at radius 1 is 1.14 bits per heavy atom. The van der Waals surface area contributed by atoms with Crippen molar-refractivity contribution in [1.29, 1.82) is 0 Å². The van der Waals surface area contributed by atoms with Gasteiger partial charge in [-0.15, -0.1) is 15.0 Å². The number of aromatic hydroxyl groups is 1. The summed E-state index contributed by atoms with van der Waals surface area (Å²) in [5.74, 6) is 0.192. The zero-order valence-electron chi connectivity index (χ0n) is 16.0. The van der Waals surface area contributed by atoms with Gasteiger partial charge < -0.3 is 19.7 Å². The number of phenolic OH excluding ortho intramolecular Hbond substituents is 1. The first kappa shape index (κ1) is 18.8. The number of rotatable bonds is 7. The second-order valence-corrected chi connectivity index (χ2v) is 6.94. The molecule has 2 aromatic carbocycles. The molecule has 8 heteroatoms. The van der Waals surface area contributed by atoms with Crippen LogP contribution in [0.25, 0.3) is 16.7 Å². The summed E-state index contributed by atoms with van der Waals surface area (Å²) in [7, 11) is 0. The van der Waals surface area contributed by atoms with Gasteiger partial charge in [-0.05, 0) is 50.3 Å². The SMILES string of the molecule is C/C(=C\CCCCc1ccc2nn(-c3cc4c(cc3O)OCO4)nc2c1)C(=O)O. The Labute approximate surface area is 167 Å². The highest BCUT2D eigenvalue weighted by atomic mass is 16.7. The van der Waals surface area contributed by atoms with Crippen LogP contribution >= 0.6 is 0 Å². The van der Waals surface area contributed by atoms with Crippen LogP contribution in [-0.4, -0.2) is 38.0 Å². The second-order valence-electron chi connectivity index (χ2n) is 6.94. The number of carbonyl (C=O) groups is 1.